The molecule has 0 aromatic heterocycles. The molecule has 1 heterocycles. The molecule has 4 rings (SSSR count). The number of amides is 2. The van der Waals surface area contributed by atoms with Gasteiger partial charge in [-0.1, -0.05) is 48.5 Å². The lowest BCUT2D eigenvalue weighted by Gasteiger charge is -2.31. The molecule has 0 unspecified atom stereocenters. The number of hydrogen-bond acceptors (Lipinski definition) is 5. The monoisotopic (exact) mass is 452 g/mol. The SMILES string of the molecule is C[C@]1(C(=O)O)CCCN1C(=O)COCCNC(=O)OCC1c2ccccc2-c2ccccc21. The van der Waals surface area contributed by atoms with Gasteiger partial charge in [-0.15, -0.1) is 0 Å². The van der Waals surface area contributed by atoms with Crippen molar-refractivity contribution in [1.29, 1.82) is 0 Å². The Morgan fingerprint density at radius 1 is 1.09 bits per heavy atom. The lowest BCUT2D eigenvalue weighted by molar-refractivity contribution is -0.157. The molecule has 174 valence electrons. The van der Waals surface area contributed by atoms with Gasteiger partial charge in [0, 0.05) is 19.0 Å². The Morgan fingerprint density at radius 2 is 1.73 bits per heavy atom. The number of nitrogens with zero attached hydrogens (tertiary/aromatic N) is 1. The van der Waals surface area contributed by atoms with Gasteiger partial charge in [-0.2, -0.15) is 0 Å². The number of alkyl carbamates (subject to hydrolysis) is 1. The van der Waals surface area contributed by atoms with E-state index >= 15 is 0 Å². The van der Waals surface area contributed by atoms with Crippen LogP contribution in [0, 0.1) is 0 Å². The molecule has 1 aliphatic heterocycles. The molecule has 2 amide bonds. The molecule has 0 radical (unpaired) electrons. The molecule has 1 aliphatic carbocycles. The number of ether oxygens (including phenoxy) is 2. The fraction of sp³-hybridized carbons (Fsp3) is 0.400. The van der Waals surface area contributed by atoms with Gasteiger partial charge in [-0.25, -0.2) is 9.59 Å². The van der Waals surface area contributed by atoms with Crippen molar-refractivity contribution in [2.24, 2.45) is 0 Å². The first kappa shape index (κ1) is 22.8. The van der Waals surface area contributed by atoms with Gasteiger partial charge in [0.15, 0.2) is 0 Å². The normalized spacial score (nSPS) is 19.1. The van der Waals surface area contributed by atoms with Crippen LogP contribution in [0.4, 0.5) is 4.79 Å². The minimum Gasteiger partial charge on any atom is -0.480 e. The van der Waals surface area contributed by atoms with Crippen molar-refractivity contribution < 1.29 is 29.0 Å². The zero-order valence-electron chi connectivity index (χ0n) is 18.6. The molecular formula is C25H28N2O6. The van der Waals surface area contributed by atoms with Crippen molar-refractivity contribution in [1.82, 2.24) is 10.2 Å². The van der Waals surface area contributed by atoms with Crippen molar-refractivity contribution in [2.75, 3.05) is 32.9 Å². The predicted octanol–water partition coefficient (Wildman–Crippen LogP) is 3.01. The second-order valence-corrected chi connectivity index (χ2v) is 8.53. The third-order valence-electron chi connectivity index (χ3n) is 6.49. The minimum atomic E-state index is -1.18. The second-order valence-electron chi connectivity index (χ2n) is 8.53. The number of carbonyl (C=O) groups is 3. The lowest BCUT2D eigenvalue weighted by atomic mass is 9.98. The van der Waals surface area contributed by atoms with E-state index in [2.05, 4.69) is 29.6 Å². The van der Waals surface area contributed by atoms with Crippen molar-refractivity contribution in [2.45, 2.75) is 31.2 Å². The summed E-state index contributed by atoms with van der Waals surface area (Å²) in [5.41, 5.74) is 3.43. The molecule has 2 aromatic carbocycles. The molecule has 1 saturated heterocycles. The largest absolute Gasteiger partial charge is 0.480 e. The van der Waals surface area contributed by atoms with Gasteiger partial charge in [-0.05, 0) is 42.0 Å². The summed E-state index contributed by atoms with van der Waals surface area (Å²) in [4.78, 5) is 37.3. The zero-order valence-corrected chi connectivity index (χ0v) is 18.6. The Labute approximate surface area is 192 Å². The van der Waals surface area contributed by atoms with Crippen LogP contribution in [0.25, 0.3) is 11.1 Å². The molecule has 1 atom stereocenters. The Kier molecular flexibility index (Phi) is 6.65. The summed E-state index contributed by atoms with van der Waals surface area (Å²) in [6.45, 7) is 2.26. The van der Waals surface area contributed by atoms with Crippen molar-refractivity contribution in [3.63, 3.8) is 0 Å². The topological polar surface area (TPSA) is 105 Å². The quantitative estimate of drug-likeness (QED) is 0.597. The van der Waals surface area contributed by atoms with Gasteiger partial charge in [0.25, 0.3) is 0 Å². The van der Waals surface area contributed by atoms with Gasteiger partial charge in [0.05, 0.1) is 6.61 Å². The highest BCUT2D eigenvalue weighted by molar-refractivity contribution is 5.88. The summed E-state index contributed by atoms with van der Waals surface area (Å²) < 4.78 is 10.8. The molecule has 2 N–H and O–H groups in total. The van der Waals surface area contributed by atoms with Crippen LogP contribution in [-0.4, -0.2) is 66.4 Å². The van der Waals surface area contributed by atoms with E-state index in [0.29, 0.717) is 19.4 Å². The molecule has 33 heavy (non-hydrogen) atoms. The molecule has 8 nitrogen and oxygen atoms in total. The average molecular weight is 453 g/mol. The number of carbonyl (C=O) groups excluding carboxylic acids is 2. The Hall–Kier alpha value is -3.39. The van der Waals surface area contributed by atoms with E-state index in [4.69, 9.17) is 9.47 Å². The number of carboxylic acid groups (broad SMARTS) is 1. The number of hydrogen-bond donors (Lipinski definition) is 2. The maximum absolute atomic E-state index is 12.3. The van der Waals surface area contributed by atoms with Crippen LogP contribution in [0.15, 0.2) is 48.5 Å². The van der Waals surface area contributed by atoms with Crippen molar-refractivity contribution in [3.05, 3.63) is 59.7 Å². The number of benzene rings is 2. The van der Waals surface area contributed by atoms with Crippen LogP contribution >= 0.6 is 0 Å². The molecule has 2 aromatic rings. The molecule has 0 spiro atoms. The summed E-state index contributed by atoms with van der Waals surface area (Å²) in [6.07, 6.45) is 0.528. The summed E-state index contributed by atoms with van der Waals surface area (Å²) in [6, 6.07) is 16.2. The standard InChI is InChI=1S/C25H28N2O6/c1-25(23(29)30)11-6-13-27(25)22(28)16-32-14-12-26-24(31)33-15-21-19-9-4-2-7-17(19)18-8-3-5-10-20(18)21/h2-5,7-10,21H,6,11-16H2,1H3,(H,26,31)(H,29,30)/t25-/m1/s1. The smallest absolute Gasteiger partial charge is 0.407 e. The lowest BCUT2D eigenvalue weighted by Crippen LogP contribution is -2.52. The molecule has 2 aliphatic rings. The predicted molar refractivity (Wildman–Crippen MR) is 121 cm³/mol. The highest BCUT2D eigenvalue weighted by Crippen LogP contribution is 2.44. The van der Waals surface area contributed by atoms with Crippen LogP contribution in [0.3, 0.4) is 0 Å². The van der Waals surface area contributed by atoms with Crippen LogP contribution in [0.2, 0.25) is 0 Å². The zero-order chi connectivity index (χ0) is 23.4. The van der Waals surface area contributed by atoms with E-state index < -0.39 is 17.6 Å². The molecule has 0 saturated carbocycles. The van der Waals surface area contributed by atoms with Crippen LogP contribution < -0.4 is 5.32 Å². The second kappa shape index (κ2) is 9.62. The first-order valence-corrected chi connectivity index (χ1v) is 11.1. The van der Waals surface area contributed by atoms with E-state index in [0.717, 1.165) is 22.3 Å². The molecule has 8 heteroatoms. The fourth-order valence-electron chi connectivity index (χ4n) is 4.70. The maximum Gasteiger partial charge on any atom is 0.407 e. The number of nitrogens with one attached hydrogen (secondary N) is 1. The Morgan fingerprint density at radius 3 is 2.36 bits per heavy atom. The first-order chi connectivity index (χ1) is 15.9. The van der Waals surface area contributed by atoms with Gasteiger partial charge in [0.1, 0.15) is 18.8 Å². The third-order valence-corrected chi connectivity index (χ3v) is 6.49. The maximum atomic E-state index is 12.3. The average Bonchev–Trinajstić information content (AvgIpc) is 3.36. The van der Waals surface area contributed by atoms with E-state index in [1.54, 1.807) is 6.92 Å². The number of fused-ring (bicyclic) bond motifs is 3. The molecule has 0 bridgehead atoms. The van der Waals surface area contributed by atoms with Crippen LogP contribution in [0.5, 0.6) is 0 Å². The summed E-state index contributed by atoms with van der Waals surface area (Å²) in [5, 5.41) is 12.0. The van der Waals surface area contributed by atoms with E-state index in [-0.39, 0.29) is 38.2 Å². The van der Waals surface area contributed by atoms with Crippen molar-refractivity contribution >= 4 is 18.0 Å². The van der Waals surface area contributed by atoms with Gasteiger partial charge in [-0.3, -0.25) is 4.79 Å². The van der Waals surface area contributed by atoms with E-state index in [1.165, 1.54) is 4.90 Å². The minimum absolute atomic E-state index is 0.0129. The van der Waals surface area contributed by atoms with Crippen LogP contribution in [-0.2, 0) is 19.1 Å². The Bertz CT molecular complexity index is 1010. The van der Waals surface area contributed by atoms with Gasteiger partial charge < -0.3 is 24.8 Å². The number of rotatable bonds is 8. The van der Waals surface area contributed by atoms with Gasteiger partial charge in [0.2, 0.25) is 5.91 Å². The molecular weight excluding hydrogens is 424 g/mol. The first-order valence-electron chi connectivity index (χ1n) is 11.1. The highest BCUT2D eigenvalue weighted by atomic mass is 16.5. The summed E-state index contributed by atoms with van der Waals surface area (Å²) >= 11 is 0. The van der Waals surface area contributed by atoms with Gasteiger partial charge >= 0.3 is 12.1 Å². The number of likely N-dealkylation sites (tertiary alicyclic amines) is 1. The summed E-state index contributed by atoms with van der Waals surface area (Å²) in [7, 11) is 0. The number of carboxylic acids is 1. The molecule has 1 fully saturated rings. The van der Waals surface area contributed by atoms with E-state index in [1.807, 2.05) is 24.3 Å². The fourth-order valence-corrected chi connectivity index (χ4v) is 4.70. The number of aliphatic carboxylic acids is 1. The highest BCUT2D eigenvalue weighted by Gasteiger charge is 2.45. The van der Waals surface area contributed by atoms with E-state index in [9.17, 15) is 19.5 Å². The van der Waals surface area contributed by atoms with Crippen molar-refractivity contribution in [3.8, 4) is 11.1 Å². The summed E-state index contributed by atoms with van der Waals surface area (Å²) in [5.74, 6) is -1.38. The Balaban J connectivity index is 1.20. The van der Waals surface area contributed by atoms with Crippen LogP contribution in [0.1, 0.15) is 36.8 Å². The third kappa shape index (κ3) is 4.57.